The second-order valence-electron chi connectivity index (χ2n) is 7.43. The van der Waals surface area contributed by atoms with Gasteiger partial charge in [-0.2, -0.15) is 0 Å². The Bertz CT molecular complexity index is 813. The van der Waals surface area contributed by atoms with Crippen molar-refractivity contribution in [1.29, 1.82) is 0 Å². The van der Waals surface area contributed by atoms with Gasteiger partial charge in [-0.1, -0.05) is 30.3 Å². The molecule has 24 heavy (non-hydrogen) atoms. The summed E-state index contributed by atoms with van der Waals surface area (Å²) >= 11 is 0. The zero-order valence-electron chi connectivity index (χ0n) is 13.9. The molecule has 0 N–H and O–H groups in total. The number of benzene rings is 1. The van der Waals surface area contributed by atoms with Gasteiger partial charge in [-0.15, -0.1) is 0 Å². The van der Waals surface area contributed by atoms with Gasteiger partial charge in [-0.05, 0) is 38.2 Å². The van der Waals surface area contributed by atoms with Gasteiger partial charge < -0.3 is 4.90 Å². The van der Waals surface area contributed by atoms with Gasteiger partial charge in [0.25, 0.3) is 0 Å². The van der Waals surface area contributed by atoms with E-state index in [1.54, 1.807) is 0 Å². The standard InChI is InChI=1S/C20H21N3O/c1-13-21-12-16-17(22-13)11-15-7-8-18(16)23(15)19(24)20(9-10-20)14-5-3-2-4-6-14/h2-6,12,15,18H,7-11H2,1H3. The van der Waals surface area contributed by atoms with Crippen molar-refractivity contribution in [1.82, 2.24) is 14.9 Å². The number of carbonyl (C=O) groups is 1. The van der Waals surface area contributed by atoms with Crippen molar-refractivity contribution in [2.45, 2.75) is 56.5 Å². The number of rotatable bonds is 2. The van der Waals surface area contributed by atoms with Crippen molar-refractivity contribution in [2.75, 3.05) is 0 Å². The molecule has 0 radical (unpaired) electrons. The van der Waals surface area contributed by atoms with Gasteiger partial charge in [-0.3, -0.25) is 4.79 Å². The van der Waals surface area contributed by atoms with Crippen LogP contribution in [0, 0.1) is 6.92 Å². The maximum Gasteiger partial charge on any atom is 0.234 e. The monoisotopic (exact) mass is 319 g/mol. The fourth-order valence-corrected chi connectivity index (χ4v) is 4.64. The lowest BCUT2D eigenvalue weighted by Gasteiger charge is -2.38. The van der Waals surface area contributed by atoms with Crippen molar-refractivity contribution in [3.05, 3.63) is 59.2 Å². The first kappa shape index (κ1) is 14.1. The molecule has 3 aliphatic rings. The van der Waals surface area contributed by atoms with Gasteiger partial charge >= 0.3 is 0 Å². The van der Waals surface area contributed by atoms with Crippen LogP contribution in [0.1, 0.15) is 54.4 Å². The van der Waals surface area contributed by atoms with E-state index in [-0.39, 0.29) is 11.5 Å². The molecule has 1 aromatic carbocycles. The van der Waals surface area contributed by atoms with Gasteiger partial charge in [0.1, 0.15) is 5.82 Å². The summed E-state index contributed by atoms with van der Waals surface area (Å²) in [5.41, 5.74) is 3.24. The van der Waals surface area contributed by atoms with Crippen LogP contribution in [0.5, 0.6) is 0 Å². The van der Waals surface area contributed by atoms with E-state index in [1.807, 2.05) is 31.3 Å². The molecule has 2 unspecified atom stereocenters. The molecule has 2 fully saturated rings. The zero-order chi connectivity index (χ0) is 16.3. The van der Waals surface area contributed by atoms with Crippen LogP contribution in [-0.2, 0) is 16.6 Å². The molecule has 1 saturated heterocycles. The molecule has 2 aromatic rings. The van der Waals surface area contributed by atoms with E-state index >= 15 is 0 Å². The molecule has 5 rings (SSSR count). The Morgan fingerprint density at radius 1 is 1.21 bits per heavy atom. The third kappa shape index (κ3) is 1.89. The zero-order valence-corrected chi connectivity index (χ0v) is 13.9. The Balaban J connectivity index is 1.52. The molecule has 2 atom stereocenters. The van der Waals surface area contributed by atoms with Crippen molar-refractivity contribution in [3.8, 4) is 0 Å². The molecule has 1 amide bonds. The van der Waals surface area contributed by atoms with E-state index in [9.17, 15) is 4.79 Å². The van der Waals surface area contributed by atoms with Gasteiger partial charge in [0.2, 0.25) is 5.91 Å². The molecular weight excluding hydrogens is 298 g/mol. The molecule has 1 aliphatic carbocycles. The summed E-state index contributed by atoms with van der Waals surface area (Å²) in [7, 11) is 0. The number of aryl methyl sites for hydroxylation is 1. The Morgan fingerprint density at radius 3 is 2.75 bits per heavy atom. The topological polar surface area (TPSA) is 46.1 Å². The first-order chi connectivity index (χ1) is 11.7. The van der Waals surface area contributed by atoms with E-state index in [2.05, 4.69) is 27.0 Å². The fraction of sp³-hybridized carbons (Fsp3) is 0.450. The largest absolute Gasteiger partial charge is 0.331 e. The van der Waals surface area contributed by atoms with Gasteiger partial charge in [0.05, 0.1) is 17.2 Å². The molecule has 0 spiro atoms. The predicted octanol–water partition coefficient (Wildman–Crippen LogP) is 3.11. The minimum Gasteiger partial charge on any atom is -0.331 e. The van der Waals surface area contributed by atoms with Crippen LogP contribution in [0.25, 0.3) is 0 Å². The normalized spacial score (nSPS) is 26.1. The van der Waals surface area contributed by atoms with Crippen LogP contribution in [0.4, 0.5) is 0 Å². The number of aromatic nitrogens is 2. The Morgan fingerprint density at radius 2 is 2.00 bits per heavy atom. The summed E-state index contributed by atoms with van der Waals surface area (Å²) in [4.78, 5) is 24.7. The summed E-state index contributed by atoms with van der Waals surface area (Å²) in [6.07, 6.45) is 6.90. The summed E-state index contributed by atoms with van der Waals surface area (Å²) in [5, 5.41) is 0. The second-order valence-corrected chi connectivity index (χ2v) is 7.43. The summed E-state index contributed by atoms with van der Waals surface area (Å²) in [6, 6.07) is 10.8. The lowest BCUT2D eigenvalue weighted by molar-refractivity contribution is -0.137. The van der Waals surface area contributed by atoms with E-state index in [0.29, 0.717) is 11.9 Å². The average molecular weight is 319 g/mol. The maximum absolute atomic E-state index is 13.5. The van der Waals surface area contributed by atoms with Gasteiger partial charge in [0, 0.05) is 24.2 Å². The van der Waals surface area contributed by atoms with Crippen LogP contribution >= 0.6 is 0 Å². The van der Waals surface area contributed by atoms with Crippen molar-refractivity contribution in [2.24, 2.45) is 0 Å². The summed E-state index contributed by atoms with van der Waals surface area (Å²) in [5.74, 6) is 1.16. The van der Waals surface area contributed by atoms with Gasteiger partial charge in [0.15, 0.2) is 0 Å². The van der Waals surface area contributed by atoms with Crippen molar-refractivity contribution >= 4 is 5.91 Å². The van der Waals surface area contributed by atoms with E-state index in [1.165, 1.54) is 11.1 Å². The summed E-state index contributed by atoms with van der Waals surface area (Å²) < 4.78 is 0. The number of hydrogen-bond acceptors (Lipinski definition) is 3. The first-order valence-electron chi connectivity index (χ1n) is 8.90. The van der Waals surface area contributed by atoms with Crippen LogP contribution in [0.2, 0.25) is 0 Å². The van der Waals surface area contributed by atoms with Crippen molar-refractivity contribution < 1.29 is 4.79 Å². The summed E-state index contributed by atoms with van der Waals surface area (Å²) in [6.45, 7) is 1.94. The second kappa shape index (κ2) is 4.88. The van der Waals surface area contributed by atoms with E-state index in [0.717, 1.165) is 43.6 Å². The lowest BCUT2D eigenvalue weighted by atomic mass is 9.91. The van der Waals surface area contributed by atoms with E-state index in [4.69, 9.17) is 0 Å². The Kier molecular flexibility index (Phi) is 2.88. The highest BCUT2D eigenvalue weighted by Gasteiger charge is 2.57. The highest BCUT2D eigenvalue weighted by Crippen LogP contribution is 2.53. The van der Waals surface area contributed by atoms with Crippen LogP contribution in [-0.4, -0.2) is 26.8 Å². The Labute approximate surface area is 141 Å². The molecule has 4 heteroatoms. The van der Waals surface area contributed by atoms with Crippen molar-refractivity contribution in [3.63, 3.8) is 0 Å². The van der Waals surface area contributed by atoms with Crippen LogP contribution in [0.3, 0.4) is 0 Å². The number of amides is 1. The minimum absolute atomic E-state index is 0.174. The molecule has 2 aliphatic heterocycles. The number of nitrogens with zero attached hydrogens (tertiary/aromatic N) is 3. The van der Waals surface area contributed by atoms with Crippen LogP contribution in [0.15, 0.2) is 36.5 Å². The maximum atomic E-state index is 13.5. The van der Waals surface area contributed by atoms with Crippen LogP contribution < -0.4 is 0 Å². The van der Waals surface area contributed by atoms with E-state index < -0.39 is 0 Å². The molecule has 2 bridgehead atoms. The molecule has 3 heterocycles. The SMILES string of the molecule is Cc1ncc2c(n1)CC1CCC2N1C(=O)C1(c2ccccc2)CC1. The smallest absolute Gasteiger partial charge is 0.234 e. The quantitative estimate of drug-likeness (QED) is 0.854. The minimum atomic E-state index is -0.273. The average Bonchev–Trinajstić information content (AvgIpc) is 3.35. The highest BCUT2D eigenvalue weighted by molar-refractivity contribution is 5.92. The highest BCUT2D eigenvalue weighted by atomic mass is 16.2. The Hall–Kier alpha value is -2.23. The molecule has 1 aromatic heterocycles. The first-order valence-corrected chi connectivity index (χ1v) is 8.90. The molecule has 122 valence electrons. The number of fused-ring (bicyclic) bond motifs is 4. The number of hydrogen-bond donors (Lipinski definition) is 0. The third-order valence-electron chi connectivity index (χ3n) is 6.03. The molecule has 4 nitrogen and oxygen atoms in total. The van der Waals surface area contributed by atoms with Gasteiger partial charge in [-0.25, -0.2) is 9.97 Å². The third-order valence-corrected chi connectivity index (χ3v) is 6.03. The molecular formula is C20H21N3O. The lowest BCUT2D eigenvalue weighted by Crippen LogP contribution is -2.47. The predicted molar refractivity (Wildman–Crippen MR) is 90.4 cm³/mol. The number of carbonyl (C=O) groups excluding carboxylic acids is 1. The molecule has 1 saturated carbocycles. The fourth-order valence-electron chi connectivity index (χ4n) is 4.64.